The highest BCUT2D eigenvalue weighted by atomic mass is 35.5. The Hall–Kier alpha value is -1.01. The molecule has 2 nitrogen and oxygen atoms in total. The van der Waals surface area contributed by atoms with Crippen LogP contribution in [0.5, 0.6) is 0 Å². The fourth-order valence-electron chi connectivity index (χ4n) is 1.92. The van der Waals surface area contributed by atoms with E-state index in [0.29, 0.717) is 5.52 Å². The van der Waals surface area contributed by atoms with Gasteiger partial charge in [0.2, 0.25) is 0 Å². The average molecular weight is 329 g/mol. The summed E-state index contributed by atoms with van der Waals surface area (Å²) in [4.78, 5) is 4.08. The van der Waals surface area contributed by atoms with E-state index in [1.54, 1.807) is 6.92 Å². The molecule has 0 N–H and O–H groups in total. The zero-order valence-electron chi connectivity index (χ0n) is 10.3. The third kappa shape index (κ3) is 3.17. The number of benzene rings is 1. The van der Waals surface area contributed by atoms with E-state index < -0.39 is 23.8 Å². The van der Waals surface area contributed by atoms with Crippen molar-refractivity contribution in [2.45, 2.75) is 31.4 Å². The quantitative estimate of drug-likeness (QED) is 0.567. The summed E-state index contributed by atoms with van der Waals surface area (Å²) in [7, 11) is 0. The van der Waals surface area contributed by atoms with Crippen molar-refractivity contribution in [2.75, 3.05) is 0 Å². The van der Waals surface area contributed by atoms with E-state index in [-0.39, 0.29) is 22.9 Å². The second kappa shape index (κ2) is 5.41. The van der Waals surface area contributed by atoms with E-state index in [2.05, 4.69) is 4.98 Å². The summed E-state index contributed by atoms with van der Waals surface area (Å²) >= 11 is 11.6. The SMILES string of the molecule is CC(Cl)c1nc2cc(F)c(Cl)cc2n1CCC(F)(F)F. The Kier molecular flexibility index (Phi) is 4.16. The molecule has 0 bridgehead atoms. The Balaban J connectivity index is 2.53. The zero-order valence-corrected chi connectivity index (χ0v) is 11.8. The van der Waals surface area contributed by atoms with Gasteiger partial charge < -0.3 is 4.57 Å². The lowest BCUT2D eigenvalue weighted by Gasteiger charge is -2.12. The molecule has 0 saturated carbocycles. The lowest BCUT2D eigenvalue weighted by atomic mass is 10.3. The second-order valence-corrected chi connectivity index (χ2v) is 5.42. The fraction of sp³-hybridized carbons (Fsp3) is 0.417. The number of imidazole rings is 1. The molecule has 110 valence electrons. The molecule has 8 heteroatoms. The third-order valence-corrected chi connectivity index (χ3v) is 3.28. The number of fused-ring (bicyclic) bond motifs is 1. The first kappa shape index (κ1) is 15.4. The highest BCUT2D eigenvalue weighted by Gasteiger charge is 2.28. The molecule has 1 unspecified atom stereocenters. The molecule has 2 rings (SSSR count). The van der Waals surface area contributed by atoms with Crippen LogP contribution in [0.1, 0.15) is 24.5 Å². The van der Waals surface area contributed by atoms with Gasteiger partial charge in [-0.2, -0.15) is 13.2 Å². The Morgan fingerprint density at radius 3 is 2.55 bits per heavy atom. The van der Waals surface area contributed by atoms with Crippen molar-refractivity contribution in [2.24, 2.45) is 0 Å². The van der Waals surface area contributed by atoms with Gasteiger partial charge in [0.15, 0.2) is 0 Å². The number of aromatic nitrogens is 2. The molecule has 1 aromatic heterocycles. The van der Waals surface area contributed by atoms with Crippen LogP contribution in [0.2, 0.25) is 5.02 Å². The Morgan fingerprint density at radius 1 is 1.35 bits per heavy atom. The van der Waals surface area contributed by atoms with E-state index in [9.17, 15) is 17.6 Å². The standard InChI is InChI=1S/C12H10Cl2F4N2/c1-6(13)11-19-9-5-8(15)7(14)4-10(9)20(11)3-2-12(16,17)18/h4-6H,2-3H2,1H3. The van der Waals surface area contributed by atoms with Gasteiger partial charge in [-0.05, 0) is 13.0 Å². The monoisotopic (exact) mass is 328 g/mol. The molecule has 1 atom stereocenters. The predicted molar refractivity (Wildman–Crippen MR) is 69.6 cm³/mol. The Morgan fingerprint density at radius 2 is 2.00 bits per heavy atom. The minimum Gasteiger partial charge on any atom is -0.326 e. The first-order chi connectivity index (χ1) is 9.19. The summed E-state index contributed by atoms with van der Waals surface area (Å²) in [5.41, 5.74) is 0.569. The molecular weight excluding hydrogens is 319 g/mol. The van der Waals surface area contributed by atoms with Crippen LogP contribution in [0.15, 0.2) is 12.1 Å². The van der Waals surface area contributed by atoms with Gasteiger partial charge in [0.1, 0.15) is 11.6 Å². The maximum absolute atomic E-state index is 13.4. The van der Waals surface area contributed by atoms with Crippen molar-refractivity contribution in [3.05, 3.63) is 28.8 Å². The van der Waals surface area contributed by atoms with Crippen molar-refractivity contribution < 1.29 is 17.6 Å². The molecule has 0 amide bonds. The summed E-state index contributed by atoms with van der Waals surface area (Å²) < 4.78 is 51.8. The molecule has 0 aliphatic heterocycles. The molecule has 0 radical (unpaired) electrons. The van der Waals surface area contributed by atoms with Crippen LogP contribution in [-0.2, 0) is 6.54 Å². The molecule has 20 heavy (non-hydrogen) atoms. The van der Waals surface area contributed by atoms with E-state index in [4.69, 9.17) is 23.2 Å². The Bertz CT molecular complexity index is 634. The Labute approximate surface area is 122 Å². The molecule has 0 saturated heterocycles. The fourth-order valence-corrected chi connectivity index (χ4v) is 2.24. The van der Waals surface area contributed by atoms with Crippen LogP contribution in [0.25, 0.3) is 11.0 Å². The normalized spacial score (nSPS) is 13.9. The van der Waals surface area contributed by atoms with Gasteiger partial charge in [-0.3, -0.25) is 0 Å². The molecule has 1 heterocycles. The summed E-state index contributed by atoms with van der Waals surface area (Å²) in [6.07, 6.45) is -5.32. The highest BCUT2D eigenvalue weighted by Crippen LogP contribution is 2.30. The first-order valence-electron chi connectivity index (χ1n) is 5.75. The summed E-state index contributed by atoms with van der Waals surface area (Å²) in [6.45, 7) is 1.25. The van der Waals surface area contributed by atoms with Crippen LogP contribution >= 0.6 is 23.2 Å². The maximum atomic E-state index is 13.4. The van der Waals surface area contributed by atoms with Gasteiger partial charge in [0.05, 0.1) is 27.9 Å². The zero-order chi connectivity index (χ0) is 15.1. The lowest BCUT2D eigenvalue weighted by Crippen LogP contribution is -2.14. The number of alkyl halides is 4. The predicted octanol–water partition coefficient (Wildman–Crippen LogP) is 5.08. The van der Waals surface area contributed by atoms with Crippen LogP contribution in [0.3, 0.4) is 0 Å². The molecule has 0 fully saturated rings. The van der Waals surface area contributed by atoms with Crippen molar-refractivity contribution in [1.82, 2.24) is 9.55 Å². The summed E-state index contributed by atoms with van der Waals surface area (Å²) in [5, 5.41) is -0.767. The lowest BCUT2D eigenvalue weighted by molar-refractivity contribution is -0.136. The highest BCUT2D eigenvalue weighted by molar-refractivity contribution is 6.31. The van der Waals surface area contributed by atoms with Gasteiger partial charge >= 0.3 is 6.18 Å². The minimum atomic E-state index is -4.30. The number of hydrogen-bond donors (Lipinski definition) is 0. The van der Waals surface area contributed by atoms with Gasteiger partial charge in [-0.1, -0.05) is 11.6 Å². The van der Waals surface area contributed by atoms with Crippen LogP contribution in [-0.4, -0.2) is 15.7 Å². The number of nitrogens with zero attached hydrogens (tertiary/aromatic N) is 2. The van der Waals surface area contributed by atoms with Gasteiger partial charge in [-0.25, -0.2) is 9.37 Å². The summed E-state index contributed by atoms with van der Waals surface area (Å²) in [5.74, 6) is -0.416. The number of hydrogen-bond acceptors (Lipinski definition) is 1. The molecule has 2 aromatic rings. The largest absolute Gasteiger partial charge is 0.390 e. The molecule has 1 aromatic carbocycles. The van der Waals surface area contributed by atoms with Gasteiger partial charge in [-0.15, -0.1) is 11.6 Å². The molecule has 0 spiro atoms. The van der Waals surface area contributed by atoms with Crippen LogP contribution in [0, 0.1) is 5.82 Å². The smallest absolute Gasteiger partial charge is 0.326 e. The second-order valence-electron chi connectivity index (χ2n) is 4.36. The number of aryl methyl sites for hydroxylation is 1. The number of rotatable bonds is 3. The molecular formula is C12H10Cl2F4N2. The average Bonchev–Trinajstić information content (AvgIpc) is 2.64. The summed E-state index contributed by atoms with van der Waals surface area (Å²) in [6, 6.07) is 2.35. The minimum absolute atomic E-state index is 0.167. The van der Waals surface area contributed by atoms with E-state index >= 15 is 0 Å². The van der Waals surface area contributed by atoms with Crippen molar-refractivity contribution >= 4 is 34.2 Å². The maximum Gasteiger partial charge on any atom is 0.390 e. The van der Waals surface area contributed by atoms with Crippen molar-refractivity contribution in [3.63, 3.8) is 0 Å². The van der Waals surface area contributed by atoms with Gasteiger partial charge in [0.25, 0.3) is 0 Å². The number of halogens is 6. The van der Waals surface area contributed by atoms with Gasteiger partial charge in [0, 0.05) is 12.6 Å². The first-order valence-corrected chi connectivity index (χ1v) is 6.56. The topological polar surface area (TPSA) is 17.8 Å². The van der Waals surface area contributed by atoms with E-state index in [0.717, 1.165) is 6.07 Å². The van der Waals surface area contributed by atoms with Crippen LogP contribution in [0.4, 0.5) is 17.6 Å². The van der Waals surface area contributed by atoms with Crippen molar-refractivity contribution in [3.8, 4) is 0 Å². The van der Waals surface area contributed by atoms with E-state index in [1.165, 1.54) is 10.6 Å². The third-order valence-electron chi connectivity index (χ3n) is 2.79. The van der Waals surface area contributed by atoms with E-state index in [1.807, 2.05) is 0 Å². The molecule has 0 aliphatic rings. The van der Waals surface area contributed by atoms with Crippen molar-refractivity contribution in [1.29, 1.82) is 0 Å². The van der Waals surface area contributed by atoms with Crippen LogP contribution < -0.4 is 0 Å². The molecule has 0 aliphatic carbocycles.